The Morgan fingerprint density at radius 2 is 1.17 bits per heavy atom. The van der Waals surface area contributed by atoms with E-state index in [0.717, 1.165) is 25.7 Å². The number of esters is 2. The number of nitrogens with two attached hydrogens (primary N) is 2. The van der Waals surface area contributed by atoms with Gasteiger partial charge in [-0.3, -0.25) is 0 Å². The van der Waals surface area contributed by atoms with E-state index in [1.807, 2.05) is 13.8 Å². The third-order valence-corrected chi connectivity index (χ3v) is 3.65. The van der Waals surface area contributed by atoms with Crippen LogP contribution in [0.15, 0.2) is 24.3 Å². The summed E-state index contributed by atoms with van der Waals surface area (Å²) in [6.07, 6.45) is 3.52. The molecule has 0 heterocycles. The van der Waals surface area contributed by atoms with Crippen molar-refractivity contribution < 1.29 is 19.1 Å². The molecule has 0 saturated carbocycles. The highest BCUT2D eigenvalue weighted by molar-refractivity contribution is 5.78. The van der Waals surface area contributed by atoms with Gasteiger partial charge in [0.15, 0.2) is 0 Å². The van der Waals surface area contributed by atoms with Gasteiger partial charge in [0.2, 0.25) is 0 Å². The van der Waals surface area contributed by atoms with Gasteiger partial charge >= 0.3 is 11.9 Å². The highest BCUT2D eigenvalue weighted by Crippen LogP contribution is 2.18. The maximum atomic E-state index is 11.8. The molecular formula is C18H28N2O4. The summed E-state index contributed by atoms with van der Waals surface area (Å²) in [5.41, 5.74) is 13.0. The standard InChI is InChI=1S/C18H28N2O4/c1-3-5-11-23-17(21)15(19)13-7-9-14(10-8-13)16(20)18(22)24-12-6-4-2/h7-10,15-16H,3-6,11-12,19-20H2,1-2H3. The molecule has 2 unspecified atom stereocenters. The molecule has 0 spiro atoms. The lowest BCUT2D eigenvalue weighted by atomic mass is 10.0. The normalized spacial score (nSPS) is 13.2. The lowest BCUT2D eigenvalue weighted by Gasteiger charge is -2.14. The van der Waals surface area contributed by atoms with Crippen molar-refractivity contribution in [3.8, 4) is 0 Å². The Kier molecular flexibility index (Phi) is 9.04. The van der Waals surface area contributed by atoms with Gasteiger partial charge in [0.05, 0.1) is 13.2 Å². The monoisotopic (exact) mass is 336 g/mol. The highest BCUT2D eigenvalue weighted by atomic mass is 16.5. The average Bonchev–Trinajstić information content (AvgIpc) is 2.60. The van der Waals surface area contributed by atoms with Crippen molar-refractivity contribution in [1.29, 1.82) is 0 Å². The summed E-state index contributed by atoms with van der Waals surface area (Å²) in [7, 11) is 0. The predicted octanol–water partition coefficient (Wildman–Crippen LogP) is 2.37. The minimum atomic E-state index is -0.844. The molecule has 0 bridgehead atoms. The van der Waals surface area contributed by atoms with Crippen LogP contribution < -0.4 is 11.5 Å². The van der Waals surface area contributed by atoms with Crippen LogP contribution in [-0.4, -0.2) is 25.2 Å². The summed E-state index contributed by atoms with van der Waals surface area (Å²) >= 11 is 0. The van der Waals surface area contributed by atoms with E-state index >= 15 is 0 Å². The number of benzene rings is 1. The van der Waals surface area contributed by atoms with Crippen LogP contribution in [-0.2, 0) is 19.1 Å². The molecule has 1 rings (SSSR count). The first-order valence-electron chi connectivity index (χ1n) is 8.45. The van der Waals surface area contributed by atoms with Gasteiger partial charge in [-0.1, -0.05) is 51.0 Å². The van der Waals surface area contributed by atoms with Crippen molar-refractivity contribution in [2.75, 3.05) is 13.2 Å². The van der Waals surface area contributed by atoms with Crippen LogP contribution in [0.4, 0.5) is 0 Å². The highest BCUT2D eigenvalue weighted by Gasteiger charge is 2.20. The SMILES string of the molecule is CCCCOC(=O)C(N)c1ccc(C(N)C(=O)OCCCC)cc1. The summed E-state index contributed by atoms with van der Waals surface area (Å²) in [5, 5.41) is 0. The van der Waals surface area contributed by atoms with E-state index in [9.17, 15) is 9.59 Å². The Hall–Kier alpha value is -1.92. The zero-order chi connectivity index (χ0) is 17.9. The van der Waals surface area contributed by atoms with Gasteiger partial charge in [0.25, 0.3) is 0 Å². The number of rotatable bonds is 10. The van der Waals surface area contributed by atoms with E-state index in [1.165, 1.54) is 0 Å². The van der Waals surface area contributed by atoms with E-state index < -0.39 is 24.0 Å². The van der Waals surface area contributed by atoms with Crippen LogP contribution in [0.1, 0.15) is 62.7 Å². The van der Waals surface area contributed by atoms with Crippen molar-refractivity contribution in [2.45, 2.75) is 51.6 Å². The molecule has 0 aliphatic heterocycles. The second-order valence-electron chi connectivity index (χ2n) is 5.66. The van der Waals surface area contributed by atoms with Crippen molar-refractivity contribution in [2.24, 2.45) is 11.5 Å². The van der Waals surface area contributed by atoms with Gasteiger partial charge in [-0.2, -0.15) is 0 Å². The number of carbonyl (C=O) groups is 2. The molecule has 2 atom stereocenters. The Balaban J connectivity index is 2.60. The first-order chi connectivity index (χ1) is 11.5. The molecule has 6 heteroatoms. The van der Waals surface area contributed by atoms with Crippen molar-refractivity contribution in [1.82, 2.24) is 0 Å². The Bertz CT molecular complexity index is 469. The van der Waals surface area contributed by atoms with Gasteiger partial charge in [-0.25, -0.2) is 9.59 Å². The van der Waals surface area contributed by atoms with Gasteiger partial charge < -0.3 is 20.9 Å². The van der Waals surface area contributed by atoms with Crippen LogP contribution >= 0.6 is 0 Å². The minimum Gasteiger partial charge on any atom is -0.464 e. The van der Waals surface area contributed by atoms with E-state index in [-0.39, 0.29) is 0 Å². The lowest BCUT2D eigenvalue weighted by molar-refractivity contribution is -0.146. The van der Waals surface area contributed by atoms with Crippen LogP contribution in [0.2, 0.25) is 0 Å². The zero-order valence-corrected chi connectivity index (χ0v) is 14.5. The Morgan fingerprint density at radius 1 is 0.833 bits per heavy atom. The number of ether oxygens (including phenoxy) is 2. The predicted molar refractivity (Wildman–Crippen MR) is 92.0 cm³/mol. The molecule has 0 amide bonds. The second-order valence-corrected chi connectivity index (χ2v) is 5.66. The Morgan fingerprint density at radius 3 is 1.46 bits per heavy atom. The van der Waals surface area contributed by atoms with Crippen molar-refractivity contribution in [3.63, 3.8) is 0 Å². The maximum absolute atomic E-state index is 11.8. The molecule has 1 aromatic rings. The number of unbranched alkanes of at least 4 members (excludes halogenated alkanes) is 2. The number of hydrogen-bond donors (Lipinski definition) is 2. The van der Waals surface area contributed by atoms with Gasteiger partial charge in [0, 0.05) is 0 Å². The van der Waals surface area contributed by atoms with Crippen molar-refractivity contribution in [3.05, 3.63) is 35.4 Å². The van der Waals surface area contributed by atoms with Crippen LogP contribution in [0, 0.1) is 0 Å². The third kappa shape index (κ3) is 6.29. The zero-order valence-electron chi connectivity index (χ0n) is 14.5. The molecule has 24 heavy (non-hydrogen) atoms. The molecule has 0 aliphatic rings. The minimum absolute atomic E-state index is 0.371. The average molecular weight is 336 g/mol. The summed E-state index contributed by atoms with van der Waals surface area (Å²) in [4.78, 5) is 23.7. The lowest BCUT2D eigenvalue weighted by Crippen LogP contribution is -2.25. The summed E-state index contributed by atoms with van der Waals surface area (Å²) in [5.74, 6) is -0.918. The number of hydrogen-bond acceptors (Lipinski definition) is 6. The van der Waals surface area contributed by atoms with Crippen LogP contribution in [0.3, 0.4) is 0 Å². The molecule has 0 aliphatic carbocycles. The van der Waals surface area contributed by atoms with E-state index in [0.29, 0.717) is 24.3 Å². The second kappa shape index (κ2) is 10.8. The summed E-state index contributed by atoms with van der Waals surface area (Å²) in [6, 6.07) is 5.04. The maximum Gasteiger partial charge on any atom is 0.327 e. The van der Waals surface area contributed by atoms with E-state index in [2.05, 4.69) is 0 Å². The third-order valence-electron chi connectivity index (χ3n) is 3.65. The smallest absolute Gasteiger partial charge is 0.327 e. The fourth-order valence-corrected chi connectivity index (χ4v) is 2.00. The molecule has 6 nitrogen and oxygen atoms in total. The molecule has 134 valence electrons. The van der Waals surface area contributed by atoms with E-state index in [4.69, 9.17) is 20.9 Å². The van der Waals surface area contributed by atoms with E-state index in [1.54, 1.807) is 24.3 Å². The topological polar surface area (TPSA) is 105 Å². The number of carbonyl (C=O) groups excluding carboxylic acids is 2. The van der Waals surface area contributed by atoms with Gasteiger partial charge in [-0.15, -0.1) is 0 Å². The molecule has 0 aromatic heterocycles. The van der Waals surface area contributed by atoms with Crippen molar-refractivity contribution >= 4 is 11.9 Å². The Labute approximate surface area is 143 Å². The summed E-state index contributed by atoms with van der Waals surface area (Å²) < 4.78 is 10.2. The molecule has 4 N–H and O–H groups in total. The van der Waals surface area contributed by atoms with Crippen LogP contribution in [0.5, 0.6) is 0 Å². The fraction of sp³-hybridized carbons (Fsp3) is 0.556. The molecule has 0 radical (unpaired) electrons. The quantitative estimate of drug-likeness (QED) is 0.502. The first kappa shape index (κ1) is 20.1. The van der Waals surface area contributed by atoms with Crippen LogP contribution in [0.25, 0.3) is 0 Å². The molecule has 1 aromatic carbocycles. The summed E-state index contributed by atoms with van der Waals surface area (Å²) in [6.45, 7) is 4.77. The van der Waals surface area contributed by atoms with Gasteiger partial charge in [0.1, 0.15) is 12.1 Å². The molecular weight excluding hydrogens is 308 g/mol. The first-order valence-corrected chi connectivity index (χ1v) is 8.45. The fourth-order valence-electron chi connectivity index (χ4n) is 2.00. The molecule has 0 fully saturated rings. The van der Waals surface area contributed by atoms with Gasteiger partial charge in [-0.05, 0) is 24.0 Å². The largest absolute Gasteiger partial charge is 0.464 e. The molecule has 0 saturated heterocycles.